The molecule has 0 spiro atoms. The van der Waals surface area contributed by atoms with Gasteiger partial charge in [-0.05, 0) is 68.5 Å². The predicted octanol–water partition coefficient (Wildman–Crippen LogP) is 5.31. The molecule has 0 atom stereocenters. The Balaban J connectivity index is 1.79. The number of aryl methyl sites for hydroxylation is 1. The molecule has 0 saturated heterocycles. The van der Waals surface area contributed by atoms with E-state index in [-0.39, 0.29) is 40.7 Å². The molecule has 0 aliphatic heterocycles. The molecular formula is C25H24F4N4O5S. The zero-order valence-corrected chi connectivity index (χ0v) is 22.1. The van der Waals surface area contributed by atoms with Crippen molar-refractivity contribution in [2.24, 2.45) is 0 Å². The number of hydrogen-bond acceptors (Lipinski definition) is 8. The van der Waals surface area contributed by atoms with E-state index in [1.54, 1.807) is 6.92 Å². The molecule has 2 heterocycles. The number of aromatic nitrogens is 3. The van der Waals surface area contributed by atoms with E-state index >= 15 is 4.39 Å². The highest BCUT2D eigenvalue weighted by molar-refractivity contribution is 7.90. The molecule has 1 fully saturated rings. The van der Waals surface area contributed by atoms with Gasteiger partial charge in [-0.25, -0.2) is 17.8 Å². The molecule has 0 unspecified atom stereocenters. The summed E-state index contributed by atoms with van der Waals surface area (Å²) in [5.74, 6) is -1.90. The number of benzene rings is 1. The van der Waals surface area contributed by atoms with Crippen LogP contribution in [0, 0.1) is 13.8 Å². The second-order valence-corrected chi connectivity index (χ2v) is 11.2. The molecule has 0 radical (unpaired) electrons. The zero-order valence-electron chi connectivity index (χ0n) is 21.3. The van der Waals surface area contributed by atoms with Gasteiger partial charge in [0, 0.05) is 11.9 Å². The van der Waals surface area contributed by atoms with Gasteiger partial charge in [0.1, 0.15) is 5.56 Å². The number of nitrogens with zero attached hydrogens (tertiary/aromatic N) is 3. The SMILES string of the molecule is COc1nc(C2(F)CCC2)cc(C)c1Oc1nnc(C(F)(F)F)c(C)c1C(=O)Nc1cccc(S(C)(=O)=O)c1. The Morgan fingerprint density at radius 3 is 2.36 bits per heavy atom. The number of pyridine rings is 1. The molecule has 1 aliphatic rings. The molecule has 1 aromatic carbocycles. The third kappa shape index (κ3) is 5.65. The first-order valence-electron chi connectivity index (χ1n) is 11.6. The summed E-state index contributed by atoms with van der Waals surface area (Å²) in [4.78, 5) is 17.4. The minimum atomic E-state index is -4.93. The van der Waals surface area contributed by atoms with E-state index in [9.17, 15) is 26.4 Å². The highest BCUT2D eigenvalue weighted by Gasteiger charge is 2.42. The van der Waals surface area contributed by atoms with Crippen molar-refractivity contribution in [3.63, 3.8) is 0 Å². The van der Waals surface area contributed by atoms with E-state index in [1.807, 2.05) is 0 Å². The number of alkyl halides is 4. The molecule has 9 nitrogen and oxygen atoms in total. The van der Waals surface area contributed by atoms with Crippen molar-refractivity contribution in [1.29, 1.82) is 0 Å². The normalized spacial score (nSPS) is 14.9. The van der Waals surface area contributed by atoms with Crippen molar-refractivity contribution in [3.8, 4) is 17.5 Å². The van der Waals surface area contributed by atoms with Crippen LogP contribution in [0.25, 0.3) is 0 Å². The fraction of sp³-hybridized carbons (Fsp3) is 0.360. The number of rotatable bonds is 7. The van der Waals surface area contributed by atoms with Crippen LogP contribution in [0.2, 0.25) is 0 Å². The van der Waals surface area contributed by atoms with Crippen molar-refractivity contribution in [2.45, 2.75) is 49.9 Å². The van der Waals surface area contributed by atoms with Gasteiger partial charge in [-0.3, -0.25) is 4.79 Å². The lowest BCUT2D eigenvalue weighted by molar-refractivity contribution is -0.142. The highest BCUT2D eigenvalue weighted by atomic mass is 32.2. The number of carbonyl (C=O) groups is 1. The molecule has 4 rings (SSSR count). The monoisotopic (exact) mass is 568 g/mol. The van der Waals surface area contributed by atoms with Crippen LogP contribution in [0.3, 0.4) is 0 Å². The number of methoxy groups -OCH3 is 1. The lowest BCUT2D eigenvalue weighted by Crippen LogP contribution is -2.30. The fourth-order valence-electron chi connectivity index (χ4n) is 4.07. The Labute approximate surface area is 221 Å². The summed E-state index contributed by atoms with van der Waals surface area (Å²) < 4.78 is 90.7. The third-order valence-electron chi connectivity index (χ3n) is 6.33. The van der Waals surface area contributed by atoms with Crippen molar-refractivity contribution < 1.29 is 40.2 Å². The van der Waals surface area contributed by atoms with Crippen LogP contribution < -0.4 is 14.8 Å². The average molecular weight is 569 g/mol. The van der Waals surface area contributed by atoms with Gasteiger partial charge in [-0.2, -0.15) is 13.2 Å². The number of sulfone groups is 1. The summed E-state index contributed by atoms with van der Waals surface area (Å²) in [5.41, 5.74) is -3.73. The summed E-state index contributed by atoms with van der Waals surface area (Å²) in [6, 6.07) is 6.63. The van der Waals surface area contributed by atoms with Gasteiger partial charge < -0.3 is 14.8 Å². The summed E-state index contributed by atoms with van der Waals surface area (Å²) >= 11 is 0. The van der Waals surface area contributed by atoms with Crippen LogP contribution in [0.15, 0.2) is 35.2 Å². The Morgan fingerprint density at radius 1 is 1.10 bits per heavy atom. The van der Waals surface area contributed by atoms with E-state index in [0.717, 1.165) is 19.2 Å². The number of ether oxygens (including phenoxy) is 2. The van der Waals surface area contributed by atoms with Crippen LogP contribution in [0.4, 0.5) is 23.2 Å². The summed E-state index contributed by atoms with van der Waals surface area (Å²) in [7, 11) is -2.37. The maximum absolute atomic E-state index is 15.0. The molecule has 208 valence electrons. The van der Waals surface area contributed by atoms with E-state index in [1.165, 1.54) is 31.4 Å². The first-order chi connectivity index (χ1) is 18.1. The zero-order chi connectivity index (χ0) is 28.8. The average Bonchev–Trinajstić information content (AvgIpc) is 2.82. The maximum atomic E-state index is 15.0. The molecule has 39 heavy (non-hydrogen) atoms. The van der Waals surface area contributed by atoms with Gasteiger partial charge in [0.2, 0.25) is 0 Å². The maximum Gasteiger partial charge on any atom is 0.435 e. The highest BCUT2D eigenvalue weighted by Crippen LogP contribution is 2.47. The molecule has 14 heteroatoms. The van der Waals surface area contributed by atoms with E-state index < -0.39 is 50.3 Å². The van der Waals surface area contributed by atoms with Gasteiger partial charge >= 0.3 is 6.18 Å². The summed E-state index contributed by atoms with van der Waals surface area (Å²) in [6.07, 6.45) is -2.69. The number of amides is 1. The van der Waals surface area contributed by atoms with Crippen molar-refractivity contribution in [1.82, 2.24) is 15.2 Å². The quantitative estimate of drug-likeness (QED) is 0.381. The Bertz CT molecular complexity index is 1560. The standard InChI is InChI=1S/C25H24F4N4O5S/c1-13-11-17(24(26)9-6-10-24)31-23(37-3)19(13)38-22-18(14(2)20(32-33-22)25(27,28)29)21(34)30-15-7-5-8-16(12-15)39(4,35)36/h5,7-8,11-12H,6,9-10H2,1-4H3,(H,30,34). The van der Waals surface area contributed by atoms with Crippen LogP contribution in [0.1, 0.15) is 52.1 Å². The second-order valence-electron chi connectivity index (χ2n) is 9.19. The van der Waals surface area contributed by atoms with Crippen LogP contribution >= 0.6 is 0 Å². The minimum Gasteiger partial charge on any atom is -0.478 e. The Kier molecular flexibility index (Phi) is 7.27. The number of hydrogen-bond donors (Lipinski definition) is 1. The number of carbonyl (C=O) groups excluding carboxylic acids is 1. The molecule has 0 bridgehead atoms. The van der Waals surface area contributed by atoms with Crippen LogP contribution in [-0.4, -0.2) is 42.9 Å². The largest absolute Gasteiger partial charge is 0.478 e. The van der Waals surface area contributed by atoms with Gasteiger partial charge in [0.05, 0.1) is 17.7 Å². The number of nitrogens with one attached hydrogen (secondary N) is 1. The van der Waals surface area contributed by atoms with Crippen molar-refractivity contribution in [3.05, 3.63) is 58.4 Å². The van der Waals surface area contributed by atoms with Gasteiger partial charge in [0.25, 0.3) is 17.7 Å². The number of halogens is 4. The molecular weight excluding hydrogens is 544 g/mol. The second kappa shape index (κ2) is 10.1. The summed E-state index contributed by atoms with van der Waals surface area (Å²) in [6.45, 7) is 2.59. The van der Waals surface area contributed by atoms with E-state index in [2.05, 4.69) is 20.5 Å². The predicted molar refractivity (Wildman–Crippen MR) is 132 cm³/mol. The third-order valence-corrected chi connectivity index (χ3v) is 7.44. The topological polar surface area (TPSA) is 120 Å². The fourth-order valence-corrected chi connectivity index (χ4v) is 4.74. The lowest BCUT2D eigenvalue weighted by atomic mass is 9.79. The van der Waals surface area contributed by atoms with Gasteiger partial charge in [0.15, 0.2) is 26.9 Å². The van der Waals surface area contributed by atoms with Crippen LogP contribution in [-0.2, 0) is 21.7 Å². The molecule has 1 aliphatic carbocycles. The first kappa shape index (κ1) is 28.2. The Hall–Kier alpha value is -3.81. The van der Waals surface area contributed by atoms with Crippen molar-refractivity contribution >= 4 is 21.4 Å². The smallest absolute Gasteiger partial charge is 0.435 e. The molecule has 2 aromatic heterocycles. The molecule has 1 saturated carbocycles. The van der Waals surface area contributed by atoms with Gasteiger partial charge in [-0.15, -0.1) is 10.2 Å². The molecule has 1 amide bonds. The van der Waals surface area contributed by atoms with Crippen molar-refractivity contribution in [2.75, 3.05) is 18.7 Å². The first-order valence-corrected chi connectivity index (χ1v) is 13.5. The van der Waals surface area contributed by atoms with Gasteiger partial charge in [-0.1, -0.05) is 6.07 Å². The van der Waals surface area contributed by atoms with E-state index in [4.69, 9.17) is 9.47 Å². The van der Waals surface area contributed by atoms with E-state index in [0.29, 0.717) is 12.0 Å². The van der Waals surface area contributed by atoms with Crippen LogP contribution in [0.5, 0.6) is 17.5 Å². The number of anilines is 1. The molecule has 1 N–H and O–H groups in total. The minimum absolute atomic E-state index is 0.00664. The molecule has 3 aromatic rings. The summed E-state index contributed by atoms with van der Waals surface area (Å²) in [5, 5.41) is 9.14. The Morgan fingerprint density at radius 2 is 1.79 bits per heavy atom. The lowest BCUT2D eigenvalue weighted by Gasteiger charge is -2.33.